The van der Waals surface area contributed by atoms with Crippen LogP contribution < -0.4 is 0 Å². The fourth-order valence-electron chi connectivity index (χ4n) is 2.61. The molecule has 1 aliphatic rings. The van der Waals surface area contributed by atoms with Crippen molar-refractivity contribution >= 4 is 5.97 Å². The van der Waals surface area contributed by atoms with Gasteiger partial charge in [-0.2, -0.15) is 0 Å². The normalized spacial score (nSPS) is 19.2. The summed E-state index contributed by atoms with van der Waals surface area (Å²) in [6.45, 7) is 3.81. The minimum atomic E-state index is -0.735. The van der Waals surface area contributed by atoms with Crippen LogP contribution in [0.5, 0.6) is 0 Å². The van der Waals surface area contributed by atoms with Crippen LogP contribution in [0.2, 0.25) is 0 Å². The molecule has 1 aromatic carbocycles. The van der Waals surface area contributed by atoms with E-state index < -0.39 is 12.0 Å². The van der Waals surface area contributed by atoms with E-state index in [1.807, 2.05) is 31.2 Å². The molecule has 1 atom stereocenters. The Bertz CT molecular complexity index is 391. The summed E-state index contributed by atoms with van der Waals surface area (Å²) in [5, 5.41) is 9.50. The van der Waals surface area contributed by atoms with Gasteiger partial charge in [-0.05, 0) is 38.4 Å². The summed E-state index contributed by atoms with van der Waals surface area (Å²) in [7, 11) is 0. The number of carboxylic acid groups (broad SMARTS) is 1. The summed E-state index contributed by atoms with van der Waals surface area (Å²) in [6, 6.07) is 7.38. The van der Waals surface area contributed by atoms with Crippen molar-refractivity contribution in [2.45, 2.75) is 38.6 Å². The zero-order valence-electron chi connectivity index (χ0n) is 10.9. The molecular formula is C15H21NO2. The molecule has 0 bridgehead atoms. The number of aryl methyl sites for hydroxylation is 1. The van der Waals surface area contributed by atoms with Crippen LogP contribution in [0.15, 0.2) is 24.3 Å². The predicted molar refractivity (Wildman–Crippen MR) is 71.6 cm³/mol. The SMILES string of the molecule is Cc1ccc(C(C(=O)O)N2CCCCCC2)cc1. The van der Waals surface area contributed by atoms with Gasteiger partial charge < -0.3 is 5.11 Å². The van der Waals surface area contributed by atoms with E-state index in [-0.39, 0.29) is 0 Å². The van der Waals surface area contributed by atoms with E-state index in [4.69, 9.17) is 0 Å². The highest BCUT2D eigenvalue weighted by Crippen LogP contribution is 2.24. The predicted octanol–water partition coefficient (Wildman–Crippen LogP) is 3.00. The number of carboxylic acids is 1. The number of likely N-dealkylation sites (tertiary alicyclic amines) is 1. The van der Waals surface area contributed by atoms with Crippen LogP contribution >= 0.6 is 0 Å². The molecule has 0 spiro atoms. The third-order valence-electron chi connectivity index (χ3n) is 3.63. The first kappa shape index (κ1) is 13.1. The lowest BCUT2D eigenvalue weighted by Crippen LogP contribution is -2.34. The maximum atomic E-state index is 11.6. The summed E-state index contributed by atoms with van der Waals surface area (Å²) >= 11 is 0. The van der Waals surface area contributed by atoms with E-state index in [2.05, 4.69) is 4.90 Å². The molecule has 1 saturated heterocycles. The summed E-state index contributed by atoms with van der Waals surface area (Å²) in [4.78, 5) is 13.7. The standard InChI is InChI=1S/C15H21NO2/c1-12-6-8-13(9-7-12)14(15(17)18)16-10-4-2-3-5-11-16/h6-9,14H,2-5,10-11H2,1H3,(H,17,18). The van der Waals surface area contributed by atoms with Gasteiger partial charge >= 0.3 is 5.97 Å². The smallest absolute Gasteiger partial charge is 0.325 e. The fourth-order valence-corrected chi connectivity index (χ4v) is 2.61. The maximum absolute atomic E-state index is 11.6. The molecule has 1 N–H and O–H groups in total. The van der Waals surface area contributed by atoms with Gasteiger partial charge in [0.25, 0.3) is 0 Å². The molecule has 3 heteroatoms. The number of hydrogen-bond acceptors (Lipinski definition) is 2. The molecule has 1 fully saturated rings. The molecule has 1 aliphatic heterocycles. The molecule has 18 heavy (non-hydrogen) atoms. The van der Waals surface area contributed by atoms with Crippen LogP contribution in [-0.4, -0.2) is 29.1 Å². The molecule has 1 aromatic rings. The van der Waals surface area contributed by atoms with E-state index >= 15 is 0 Å². The number of rotatable bonds is 3. The Morgan fingerprint density at radius 1 is 1.11 bits per heavy atom. The Morgan fingerprint density at radius 2 is 1.67 bits per heavy atom. The molecule has 0 saturated carbocycles. The first-order chi connectivity index (χ1) is 8.68. The minimum absolute atomic E-state index is 0.483. The maximum Gasteiger partial charge on any atom is 0.325 e. The first-order valence-corrected chi connectivity index (χ1v) is 6.72. The lowest BCUT2D eigenvalue weighted by atomic mass is 10.0. The van der Waals surface area contributed by atoms with Crippen LogP contribution in [0.3, 0.4) is 0 Å². The topological polar surface area (TPSA) is 40.5 Å². The summed E-state index contributed by atoms with van der Waals surface area (Å²) in [5.41, 5.74) is 2.06. The Balaban J connectivity index is 2.21. The van der Waals surface area contributed by atoms with Gasteiger partial charge in [0.05, 0.1) is 0 Å². The highest BCUT2D eigenvalue weighted by atomic mass is 16.4. The average Bonchev–Trinajstić information content (AvgIpc) is 2.60. The van der Waals surface area contributed by atoms with Gasteiger partial charge in [0.2, 0.25) is 0 Å². The number of hydrogen-bond donors (Lipinski definition) is 1. The Labute approximate surface area is 108 Å². The highest BCUT2D eigenvalue weighted by molar-refractivity contribution is 5.75. The van der Waals surface area contributed by atoms with E-state index in [0.717, 1.165) is 31.5 Å². The lowest BCUT2D eigenvalue weighted by molar-refractivity contribution is -0.143. The van der Waals surface area contributed by atoms with Gasteiger partial charge in [-0.1, -0.05) is 42.7 Å². The number of carbonyl (C=O) groups is 1. The third-order valence-corrected chi connectivity index (χ3v) is 3.63. The van der Waals surface area contributed by atoms with Crippen LogP contribution in [0.25, 0.3) is 0 Å². The second-order valence-corrected chi connectivity index (χ2v) is 5.10. The van der Waals surface area contributed by atoms with Crippen molar-refractivity contribution in [3.63, 3.8) is 0 Å². The van der Waals surface area contributed by atoms with Crippen molar-refractivity contribution in [3.05, 3.63) is 35.4 Å². The molecule has 0 aromatic heterocycles. The lowest BCUT2D eigenvalue weighted by Gasteiger charge is -2.27. The molecule has 0 amide bonds. The van der Waals surface area contributed by atoms with Gasteiger partial charge in [-0.3, -0.25) is 9.69 Å². The zero-order chi connectivity index (χ0) is 13.0. The average molecular weight is 247 g/mol. The second kappa shape index (κ2) is 6.01. The molecule has 98 valence electrons. The monoisotopic (exact) mass is 247 g/mol. The van der Waals surface area contributed by atoms with Gasteiger partial charge in [0, 0.05) is 0 Å². The summed E-state index contributed by atoms with van der Waals surface area (Å²) in [5.74, 6) is -0.735. The molecule has 1 heterocycles. The number of benzene rings is 1. The Kier molecular flexibility index (Phi) is 4.37. The quantitative estimate of drug-likeness (QED) is 0.892. The van der Waals surface area contributed by atoms with Crippen molar-refractivity contribution in [2.24, 2.45) is 0 Å². The number of aliphatic carboxylic acids is 1. The molecular weight excluding hydrogens is 226 g/mol. The molecule has 1 unspecified atom stereocenters. The highest BCUT2D eigenvalue weighted by Gasteiger charge is 2.27. The van der Waals surface area contributed by atoms with Gasteiger partial charge in [0.1, 0.15) is 6.04 Å². The Morgan fingerprint density at radius 3 is 2.17 bits per heavy atom. The number of nitrogens with zero attached hydrogens (tertiary/aromatic N) is 1. The van der Waals surface area contributed by atoms with E-state index in [1.54, 1.807) is 0 Å². The zero-order valence-corrected chi connectivity index (χ0v) is 10.9. The minimum Gasteiger partial charge on any atom is -0.480 e. The van der Waals surface area contributed by atoms with Crippen molar-refractivity contribution in [1.29, 1.82) is 0 Å². The van der Waals surface area contributed by atoms with Crippen LogP contribution in [-0.2, 0) is 4.79 Å². The third kappa shape index (κ3) is 3.10. The van der Waals surface area contributed by atoms with Crippen molar-refractivity contribution < 1.29 is 9.90 Å². The molecule has 2 rings (SSSR count). The van der Waals surface area contributed by atoms with Crippen LogP contribution in [0.1, 0.15) is 42.9 Å². The fraction of sp³-hybridized carbons (Fsp3) is 0.533. The molecule has 0 aliphatic carbocycles. The van der Waals surface area contributed by atoms with Gasteiger partial charge in [-0.15, -0.1) is 0 Å². The van der Waals surface area contributed by atoms with Crippen molar-refractivity contribution in [3.8, 4) is 0 Å². The van der Waals surface area contributed by atoms with Crippen LogP contribution in [0.4, 0.5) is 0 Å². The van der Waals surface area contributed by atoms with Crippen LogP contribution in [0, 0.1) is 6.92 Å². The Hall–Kier alpha value is -1.35. The van der Waals surface area contributed by atoms with E-state index in [0.29, 0.717) is 0 Å². The molecule has 3 nitrogen and oxygen atoms in total. The van der Waals surface area contributed by atoms with E-state index in [1.165, 1.54) is 18.4 Å². The van der Waals surface area contributed by atoms with E-state index in [9.17, 15) is 9.90 Å². The van der Waals surface area contributed by atoms with Crippen molar-refractivity contribution in [2.75, 3.05) is 13.1 Å². The second-order valence-electron chi connectivity index (χ2n) is 5.10. The molecule has 0 radical (unpaired) electrons. The summed E-state index contributed by atoms with van der Waals surface area (Å²) in [6.07, 6.45) is 4.65. The van der Waals surface area contributed by atoms with Crippen molar-refractivity contribution in [1.82, 2.24) is 4.90 Å². The first-order valence-electron chi connectivity index (χ1n) is 6.72. The van der Waals surface area contributed by atoms with Gasteiger partial charge in [0.15, 0.2) is 0 Å². The van der Waals surface area contributed by atoms with Gasteiger partial charge in [-0.25, -0.2) is 0 Å². The largest absolute Gasteiger partial charge is 0.480 e. The summed E-state index contributed by atoms with van der Waals surface area (Å²) < 4.78 is 0.